The van der Waals surface area contributed by atoms with Gasteiger partial charge >= 0.3 is 0 Å². The van der Waals surface area contributed by atoms with Crippen molar-refractivity contribution in [1.29, 1.82) is 0 Å². The maximum Gasteiger partial charge on any atom is 0.294 e. The maximum absolute atomic E-state index is 12.5. The zero-order valence-corrected chi connectivity index (χ0v) is 15.2. The number of aryl methyl sites for hydroxylation is 1. The minimum Gasteiger partial charge on any atom is -0.486 e. The van der Waals surface area contributed by atoms with E-state index in [1.807, 2.05) is 23.6 Å². The summed E-state index contributed by atoms with van der Waals surface area (Å²) < 4.78 is 43.2. The van der Waals surface area contributed by atoms with Crippen molar-refractivity contribution in [2.45, 2.75) is 17.7 Å². The van der Waals surface area contributed by atoms with E-state index in [9.17, 15) is 8.42 Å². The van der Waals surface area contributed by atoms with Gasteiger partial charge in [-0.3, -0.25) is 0 Å². The molecule has 3 aromatic rings. The van der Waals surface area contributed by atoms with Gasteiger partial charge in [0, 0.05) is 18.7 Å². The zero-order chi connectivity index (χ0) is 16.7. The van der Waals surface area contributed by atoms with Gasteiger partial charge < -0.3 is 14.0 Å². The lowest BCUT2D eigenvalue weighted by Crippen LogP contribution is -2.17. The SMILES string of the molecule is CCn1c(=NS(=O)(=O)c2cccs2)sc2cc3c(cc21)OCCO3. The largest absolute Gasteiger partial charge is 0.486 e. The summed E-state index contributed by atoms with van der Waals surface area (Å²) in [5, 5.41) is 1.73. The fraction of sp³-hybridized carbons (Fsp3) is 0.267. The molecule has 0 bridgehead atoms. The number of fused-ring (bicyclic) bond motifs is 2. The van der Waals surface area contributed by atoms with Crippen LogP contribution in [0.5, 0.6) is 11.5 Å². The molecule has 24 heavy (non-hydrogen) atoms. The molecule has 0 saturated carbocycles. The lowest BCUT2D eigenvalue weighted by Gasteiger charge is -2.18. The Morgan fingerprint density at radius 1 is 1.25 bits per heavy atom. The molecule has 0 amide bonds. The van der Waals surface area contributed by atoms with Crippen LogP contribution in [0.3, 0.4) is 0 Å². The van der Waals surface area contributed by atoms with E-state index in [1.54, 1.807) is 17.5 Å². The molecule has 0 saturated heterocycles. The van der Waals surface area contributed by atoms with Gasteiger partial charge in [-0.2, -0.15) is 8.42 Å². The number of sulfonamides is 1. The quantitative estimate of drug-likeness (QED) is 0.698. The standard InChI is InChI=1S/C15H14N2O4S3/c1-2-17-10-8-11-12(21-6-5-20-11)9-13(10)23-15(17)16-24(18,19)14-4-3-7-22-14/h3-4,7-9H,2,5-6H2,1H3. The van der Waals surface area contributed by atoms with Crippen molar-refractivity contribution in [2.24, 2.45) is 4.40 Å². The maximum atomic E-state index is 12.5. The van der Waals surface area contributed by atoms with Crippen LogP contribution >= 0.6 is 22.7 Å². The van der Waals surface area contributed by atoms with E-state index in [0.29, 0.717) is 36.1 Å². The van der Waals surface area contributed by atoms with Gasteiger partial charge in [0.05, 0.1) is 10.2 Å². The van der Waals surface area contributed by atoms with E-state index in [-0.39, 0.29) is 4.21 Å². The van der Waals surface area contributed by atoms with Crippen LogP contribution in [0.15, 0.2) is 38.3 Å². The van der Waals surface area contributed by atoms with Crippen molar-refractivity contribution in [2.75, 3.05) is 13.2 Å². The Balaban J connectivity index is 1.94. The van der Waals surface area contributed by atoms with Gasteiger partial charge in [-0.1, -0.05) is 17.4 Å². The topological polar surface area (TPSA) is 69.9 Å². The Kier molecular flexibility index (Phi) is 3.86. The van der Waals surface area contributed by atoms with Gasteiger partial charge in [0.25, 0.3) is 10.0 Å². The van der Waals surface area contributed by atoms with Crippen LogP contribution in [-0.2, 0) is 16.6 Å². The van der Waals surface area contributed by atoms with E-state index in [0.717, 1.165) is 21.6 Å². The average Bonchev–Trinajstić information content (AvgIpc) is 3.20. The number of thiazole rings is 1. The fourth-order valence-corrected chi connectivity index (χ4v) is 5.82. The highest BCUT2D eigenvalue weighted by atomic mass is 32.2. The Bertz CT molecular complexity index is 1060. The lowest BCUT2D eigenvalue weighted by molar-refractivity contribution is 0.172. The first kappa shape index (κ1) is 15.7. The van der Waals surface area contributed by atoms with Gasteiger partial charge in [0.1, 0.15) is 17.4 Å². The first-order chi connectivity index (χ1) is 11.6. The van der Waals surface area contributed by atoms with Crippen molar-refractivity contribution in [3.05, 3.63) is 34.4 Å². The van der Waals surface area contributed by atoms with Gasteiger partial charge in [-0.25, -0.2) is 0 Å². The molecular formula is C15H14N2O4S3. The predicted molar refractivity (Wildman–Crippen MR) is 93.5 cm³/mol. The van der Waals surface area contributed by atoms with Crippen molar-refractivity contribution < 1.29 is 17.9 Å². The molecule has 0 spiro atoms. The lowest BCUT2D eigenvalue weighted by atomic mass is 10.2. The minimum atomic E-state index is -3.70. The molecule has 126 valence electrons. The molecule has 1 aliphatic rings. The monoisotopic (exact) mass is 382 g/mol. The highest BCUT2D eigenvalue weighted by Crippen LogP contribution is 2.35. The van der Waals surface area contributed by atoms with Crippen LogP contribution in [0, 0.1) is 0 Å². The molecule has 9 heteroatoms. The molecule has 1 aliphatic heterocycles. The van der Waals surface area contributed by atoms with Gasteiger partial charge in [-0.15, -0.1) is 15.7 Å². The van der Waals surface area contributed by atoms with Crippen molar-refractivity contribution in [3.8, 4) is 11.5 Å². The van der Waals surface area contributed by atoms with Crippen molar-refractivity contribution in [1.82, 2.24) is 4.57 Å². The van der Waals surface area contributed by atoms with Gasteiger partial charge in [-0.05, 0) is 18.4 Å². The second kappa shape index (κ2) is 5.91. The van der Waals surface area contributed by atoms with Crippen LogP contribution in [0.25, 0.3) is 10.2 Å². The molecule has 6 nitrogen and oxygen atoms in total. The summed E-state index contributed by atoms with van der Waals surface area (Å²) in [5.41, 5.74) is 0.895. The molecule has 0 radical (unpaired) electrons. The van der Waals surface area contributed by atoms with E-state index < -0.39 is 10.0 Å². The van der Waals surface area contributed by atoms with E-state index in [1.165, 1.54) is 11.3 Å². The number of aromatic nitrogens is 1. The second-order valence-corrected chi connectivity index (χ2v) is 8.88. The number of rotatable bonds is 3. The van der Waals surface area contributed by atoms with E-state index in [4.69, 9.17) is 9.47 Å². The molecule has 0 N–H and O–H groups in total. The van der Waals surface area contributed by atoms with Crippen molar-refractivity contribution >= 4 is 42.9 Å². The molecule has 0 unspecified atom stereocenters. The molecule has 3 heterocycles. The van der Waals surface area contributed by atoms with Crippen LogP contribution < -0.4 is 14.3 Å². The first-order valence-electron chi connectivity index (χ1n) is 7.36. The van der Waals surface area contributed by atoms with Crippen molar-refractivity contribution in [3.63, 3.8) is 0 Å². The number of ether oxygens (including phenoxy) is 2. The zero-order valence-electron chi connectivity index (χ0n) is 12.8. The first-order valence-corrected chi connectivity index (χ1v) is 10.5. The number of benzene rings is 1. The third kappa shape index (κ3) is 2.62. The summed E-state index contributed by atoms with van der Waals surface area (Å²) in [5.74, 6) is 1.37. The Labute approximate surface area is 146 Å². The van der Waals surface area contributed by atoms with Gasteiger partial charge in [0.15, 0.2) is 11.5 Å². The smallest absolute Gasteiger partial charge is 0.294 e. The summed E-state index contributed by atoms with van der Waals surface area (Å²) >= 11 is 2.50. The predicted octanol–water partition coefficient (Wildman–Crippen LogP) is 2.85. The molecule has 0 fully saturated rings. The molecule has 0 atom stereocenters. The summed E-state index contributed by atoms with van der Waals surface area (Å²) in [4.78, 5) is 0.447. The van der Waals surface area contributed by atoms with E-state index in [2.05, 4.69) is 4.40 Å². The molecule has 0 aliphatic carbocycles. The van der Waals surface area contributed by atoms with Gasteiger partial charge in [0.2, 0.25) is 4.80 Å². The summed E-state index contributed by atoms with van der Waals surface area (Å²) in [6.07, 6.45) is 0. The molecule has 1 aromatic carbocycles. The summed E-state index contributed by atoms with van der Waals surface area (Å²) in [6, 6.07) is 7.04. The Morgan fingerprint density at radius 3 is 2.67 bits per heavy atom. The highest BCUT2D eigenvalue weighted by molar-refractivity contribution is 7.92. The molecule has 4 rings (SSSR count). The van der Waals surface area contributed by atoms with E-state index >= 15 is 0 Å². The number of hydrogen-bond acceptors (Lipinski definition) is 6. The fourth-order valence-electron chi connectivity index (χ4n) is 2.54. The number of nitrogens with zero attached hydrogens (tertiary/aromatic N) is 2. The third-order valence-corrected chi connectivity index (χ3v) is 7.41. The van der Waals surface area contributed by atoms with Crippen LogP contribution in [-0.4, -0.2) is 26.2 Å². The highest BCUT2D eigenvalue weighted by Gasteiger charge is 2.18. The Morgan fingerprint density at radius 2 is 2.00 bits per heavy atom. The second-order valence-electron chi connectivity index (χ2n) is 5.09. The van der Waals surface area contributed by atoms with Crippen LogP contribution in [0.1, 0.15) is 6.92 Å². The number of hydrogen-bond donors (Lipinski definition) is 0. The Hall–Kier alpha value is -1.84. The number of thiophene rings is 1. The normalized spacial score (nSPS) is 15.1. The van der Waals surface area contributed by atoms with Crippen LogP contribution in [0.2, 0.25) is 0 Å². The molecular weight excluding hydrogens is 368 g/mol. The summed E-state index contributed by atoms with van der Waals surface area (Å²) in [6.45, 7) is 3.60. The molecule has 2 aromatic heterocycles. The van der Waals surface area contributed by atoms with Crippen LogP contribution in [0.4, 0.5) is 0 Å². The third-order valence-electron chi connectivity index (χ3n) is 3.61. The summed E-state index contributed by atoms with van der Waals surface area (Å²) in [7, 11) is -3.70. The minimum absolute atomic E-state index is 0.244. The average molecular weight is 382 g/mol.